The number of rotatable bonds is 4. The molecule has 0 spiro atoms. The van der Waals surface area contributed by atoms with Gasteiger partial charge in [-0.2, -0.15) is 0 Å². The van der Waals surface area contributed by atoms with Crippen LogP contribution in [0.15, 0.2) is 18.2 Å². The molecule has 1 N–H and O–H groups in total. The predicted molar refractivity (Wildman–Crippen MR) is 93.9 cm³/mol. The first-order valence-electron chi connectivity index (χ1n) is 8.32. The molecule has 24 heavy (non-hydrogen) atoms. The first-order valence-corrected chi connectivity index (χ1v) is 9.07. The lowest BCUT2D eigenvalue weighted by Crippen LogP contribution is -2.51. The normalized spacial score (nSPS) is 22.4. The number of nitrogens with zero attached hydrogens (tertiary/aromatic N) is 1. The number of likely N-dealkylation sites (tertiary alicyclic amines) is 1. The Labute approximate surface area is 152 Å². The van der Waals surface area contributed by atoms with E-state index in [0.29, 0.717) is 41.5 Å². The SMILES string of the molecule is O=C(C1CNCCO1)N1CCC(COc2cc(Cl)cc(Cl)c2)CC1. The van der Waals surface area contributed by atoms with Crippen LogP contribution in [0.1, 0.15) is 12.8 Å². The Kier molecular flexibility index (Phi) is 6.22. The van der Waals surface area contributed by atoms with Crippen molar-refractivity contribution in [2.45, 2.75) is 18.9 Å². The second-order valence-corrected chi connectivity index (χ2v) is 7.12. The quantitative estimate of drug-likeness (QED) is 0.882. The third-order valence-corrected chi connectivity index (χ3v) is 4.89. The van der Waals surface area contributed by atoms with Crippen molar-refractivity contribution in [1.29, 1.82) is 0 Å². The van der Waals surface area contributed by atoms with Gasteiger partial charge in [-0.25, -0.2) is 0 Å². The van der Waals surface area contributed by atoms with Gasteiger partial charge in [0, 0.05) is 36.2 Å². The summed E-state index contributed by atoms with van der Waals surface area (Å²) >= 11 is 11.9. The van der Waals surface area contributed by atoms with Gasteiger partial charge in [-0.3, -0.25) is 4.79 Å². The maximum absolute atomic E-state index is 12.4. The van der Waals surface area contributed by atoms with Gasteiger partial charge in [0.15, 0.2) is 0 Å². The highest BCUT2D eigenvalue weighted by molar-refractivity contribution is 6.34. The van der Waals surface area contributed by atoms with E-state index in [9.17, 15) is 4.79 Å². The first kappa shape index (κ1) is 17.8. The Morgan fingerprint density at radius 1 is 1.25 bits per heavy atom. The number of benzene rings is 1. The van der Waals surface area contributed by atoms with Crippen LogP contribution >= 0.6 is 23.2 Å². The average Bonchev–Trinajstić information content (AvgIpc) is 2.60. The third kappa shape index (κ3) is 4.76. The van der Waals surface area contributed by atoms with Crippen LogP contribution in [-0.2, 0) is 9.53 Å². The minimum atomic E-state index is -0.333. The summed E-state index contributed by atoms with van der Waals surface area (Å²) in [4.78, 5) is 14.3. The minimum Gasteiger partial charge on any atom is -0.493 e. The fourth-order valence-corrected chi connectivity index (χ4v) is 3.58. The molecule has 0 aromatic heterocycles. The van der Waals surface area contributed by atoms with E-state index in [-0.39, 0.29) is 12.0 Å². The summed E-state index contributed by atoms with van der Waals surface area (Å²) in [6.07, 6.45) is 1.53. The smallest absolute Gasteiger partial charge is 0.253 e. The van der Waals surface area contributed by atoms with Gasteiger partial charge in [-0.1, -0.05) is 23.2 Å². The lowest BCUT2D eigenvalue weighted by molar-refractivity contribution is -0.146. The van der Waals surface area contributed by atoms with Crippen molar-refractivity contribution in [2.24, 2.45) is 5.92 Å². The number of nitrogens with one attached hydrogen (secondary N) is 1. The first-order chi connectivity index (χ1) is 11.6. The molecule has 1 atom stereocenters. The fraction of sp³-hybridized carbons (Fsp3) is 0.588. The minimum absolute atomic E-state index is 0.100. The Bertz CT molecular complexity index is 551. The molecule has 2 aliphatic heterocycles. The number of piperidine rings is 1. The Balaban J connectivity index is 1.44. The van der Waals surface area contributed by atoms with Crippen molar-refractivity contribution in [1.82, 2.24) is 10.2 Å². The molecule has 1 amide bonds. The van der Waals surface area contributed by atoms with Crippen LogP contribution in [0.3, 0.4) is 0 Å². The lowest BCUT2D eigenvalue weighted by Gasteiger charge is -2.35. The lowest BCUT2D eigenvalue weighted by atomic mass is 9.97. The summed E-state index contributed by atoms with van der Waals surface area (Å²) in [6.45, 7) is 4.14. The van der Waals surface area contributed by atoms with Crippen LogP contribution in [0.25, 0.3) is 0 Å². The number of ether oxygens (including phenoxy) is 2. The molecule has 1 aromatic carbocycles. The number of hydrogen-bond donors (Lipinski definition) is 1. The van der Waals surface area contributed by atoms with Gasteiger partial charge in [0.05, 0.1) is 13.2 Å². The molecule has 0 saturated carbocycles. The highest BCUT2D eigenvalue weighted by Gasteiger charge is 2.30. The second kappa shape index (κ2) is 8.39. The van der Waals surface area contributed by atoms with Crippen molar-refractivity contribution in [3.63, 3.8) is 0 Å². The van der Waals surface area contributed by atoms with Gasteiger partial charge in [0.1, 0.15) is 11.9 Å². The molecular formula is C17H22Cl2N2O3. The van der Waals surface area contributed by atoms with Crippen LogP contribution in [0.4, 0.5) is 0 Å². The molecule has 1 aromatic rings. The van der Waals surface area contributed by atoms with Gasteiger partial charge in [0.2, 0.25) is 0 Å². The van der Waals surface area contributed by atoms with E-state index in [1.54, 1.807) is 18.2 Å². The molecule has 2 fully saturated rings. The zero-order valence-electron chi connectivity index (χ0n) is 13.5. The molecule has 132 valence electrons. The van der Waals surface area contributed by atoms with Crippen molar-refractivity contribution in [2.75, 3.05) is 39.4 Å². The highest BCUT2D eigenvalue weighted by Crippen LogP contribution is 2.26. The zero-order valence-corrected chi connectivity index (χ0v) is 15.0. The van der Waals surface area contributed by atoms with Gasteiger partial charge >= 0.3 is 0 Å². The summed E-state index contributed by atoms with van der Waals surface area (Å²) in [5, 5.41) is 4.33. The molecule has 7 heteroatoms. The third-order valence-electron chi connectivity index (χ3n) is 4.45. The predicted octanol–water partition coefficient (Wildman–Crippen LogP) is 2.60. The standard InChI is InChI=1S/C17H22Cl2N2O3/c18-13-7-14(19)9-15(8-13)24-11-12-1-4-21(5-2-12)17(22)16-10-20-3-6-23-16/h7-9,12,16,20H,1-6,10-11H2. The number of hydrogen-bond acceptors (Lipinski definition) is 4. The Hall–Kier alpha value is -1.01. The van der Waals surface area contributed by atoms with Crippen molar-refractivity contribution in [3.05, 3.63) is 28.2 Å². The topological polar surface area (TPSA) is 50.8 Å². The summed E-state index contributed by atoms with van der Waals surface area (Å²) in [5.41, 5.74) is 0. The van der Waals surface area contributed by atoms with E-state index in [4.69, 9.17) is 32.7 Å². The van der Waals surface area contributed by atoms with Crippen molar-refractivity contribution < 1.29 is 14.3 Å². The summed E-state index contributed by atoms with van der Waals surface area (Å²) in [6, 6.07) is 5.21. The molecule has 0 radical (unpaired) electrons. The molecular weight excluding hydrogens is 351 g/mol. The maximum atomic E-state index is 12.4. The Morgan fingerprint density at radius 3 is 2.58 bits per heavy atom. The van der Waals surface area contributed by atoms with Gasteiger partial charge in [0.25, 0.3) is 5.91 Å². The van der Waals surface area contributed by atoms with Gasteiger partial charge in [-0.15, -0.1) is 0 Å². The molecule has 0 bridgehead atoms. The second-order valence-electron chi connectivity index (χ2n) is 6.25. The van der Waals surface area contributed by atoms with Crippen LogP contribution < -0.4 is 10.1 Å². The number of carbonyl (C=O) groups is 1. The summed E-state index contributed by atoms with van der Waals surface area (Å²) in [5.74, 6) is 1.22. The van der Waals surface area contributed by atoms with Crippen LogP contribution in [0, 0.1) is 5.92 Å². The van der Waals surface area contributed by atoms with E-state index in [1.807, 2.05) is 4.90 Å². The van der Waals surface area contributed by atoms with Crippen molar-refractivity contribution >= 4 is 29.1 Å². The maximum Gasteiger partial charge on any atom is 0.253 e. The van der Waals surface area contributed by atoms with Crippen LogP contribution in [0.5, 0.6) is 5.75 Å². The molecule has 2 heterocycles. The number of carbonyl (C=O) groups excluding carboxylic acids is 1. The Morgan fingerprint density at radius 2 is 1.96 bits per heavy atom. The molecule has 0 aliphatic carbocycles. The molecule has 3 rings (SSSR count). The summed E-state index contributed by atoms with van der Waals surface area (Å²) < 4.78 is 11.4. The summed E-state index contributed by atoms with van der Waals surface area (Å²) in [7, 11) is 0. The monoisotopic (exact) mass is 372 g/mol. The number of morpholine rings is 1. The fourth-order valence-electron chi connectivity index (χ4n) is 3.07. The van der Waals surface area contributed by atoms with E-state index < -0.39 is 0 Å². The van der Waals surface area contributed by atoms with E-state index in [2.05, 4.69) is 5.32 Å². The van der Waals surface area contributed by atoms with Crippen molar-refractivity contribution in [3.8, 4) is 5.75 Å². The average molecular weight is 373 g/mol. The van der Waals surface area contributed by atoms with E-state index >= 15 is 0 Å². The van der Waals surface area contributed by atoms with Gasteiger partial charge < -0.3 is 19.7 Å². The van der Waals surface area contributed by atoms with E-state index in [0.717, 1.165) is 32.5 Å². The van der Waals surface area contributed by atoms with Crippen LogP contribution in [0.2, 0.25) is 10.0 Å². The van der Waals surface area contributed by atoms with Gasteiger partial charge in [-0.05, 0) is 37.0 Å². The molecule has 1 unspecified atom stereocenters. The number of halogens is 2. The largest absolute Gasteiger partial charge is 0.493 e. The molecule has 2 aliphatic rings. The zero-order chi connectivity index (χ0) is 16.9. The highest BCUT2D eigenvalue weighted by atomic mass is 35.5. The number of amides is 1. The molecule has 5 nitrogen and oxygen atoms in total. The van der Waals surface area contributed by atoms with Crippen LogP contribution in [-0.4, -0.2) is 56.3 Å². The molecule has 2 saturated heterocycles. The van der Waals surface area contributed by atoms with E-state index in [1.165, 1.54) is 0 Å².